The van der Waals surface area contributed by atoms with Gasteiger partial charge in [-0.1, -0.05) is 11.6 Å². The molecular weight excluding hydrogens is 427 g/mol. The summed E-state index contributed by atoms with van der Waals surface area (Å²) in [5.74, 6) is -0.626. The van der Waals surface area contributed by atoms with E-state index < -0.39 is 10.0 Å². The van der Waals surface area contributed by atoms with E-state index in [-0.39, 0.29) is 46.2 Å². The lowest BCUT2D eigenvalue weighted by Gasteiger charge is -2.26. The first-order chi connectivity index (χ1) is 13.4. The number of thioether (sulfide) groups is 1. The van der Waals surface area contributed by atoms with Gasteiger partial charge in [0.15, 0.2) is 0 Å². The zero-order valence-electron chi connectivity index (χ0n) is 14.7. The fraction of sp³-hybridized carbons (Fsp3) is 0.278. The number of ether oxygens (including phenoxy) is 1. The molecule has 1 heterocycles. The molecule has 0 unspecified atom stereocenters. The van der Waals surface area contributed by atoms with Gasteiger partial charge in [-0.15, -0.1) is 11.8 Å². The number of amides is 1. The summed E-state index contributed by atoms with van der Waals surface area (Å²) in [5, 5.41) is 2.87. The van der Waals surface area contributed by atoms with Gasteiger partial charge in [-0.3, -0.25) is 4.79 Å². The Morgan fingerprint density at radius 1 is 1.18 bits per heavy atom. The highest BCUT2D eigenvalue weighted by atomic mass is 35.5. The number of nitrogens with zero attached hydrogens (tertiary/aromatic N) is 1. The third kappa shape index (κ3) is 5.24. The molecule has 2 aromatic rings. The molecule has 0 aliphatic carbocycles. The van der Waals surface area contributed by atoms with Crippen molar-refractivity contribution in [1.82, 2.24) is 4.31 Å². The third-order valence-electron chi connectivity index (χ3n) is 4.00. The van der Waals surface area contributed by atoms with Crippen LogP contribution in [0.25, 0.3) is 0 Å². The van der Waals surface area contributed by atoms with Crippen LogP contribution in [0.1, 0.15) is 0 Å². The number of carbonyl (C=O) groups is 1. The van der Waals surface area contributed by atoms with Crippen LogP contribution < -0.4 is 5.32 Å². The summed E-state index contributed by atoms with van der Waals surface area (Å²) in [6.07, 6.45) is 0. The van der Waals surface area contributed by atoms with E-state index in [9.17, 15) is 17.6 Å². The Labute approximate surface area is 172 Å². The maximum absolute atomic E-state index is 12.9. The Hall–Kier alpha value is -1.65. The van der Waals surface area contributed by atoms with Crippen LogP contribution in [0, 0.1) is 5.82 Å². The first-order valence-corrected chi connectivity index (χ1v) is 11.2. The second-order valence-electron chi connectivity index (χ2n) is 5.95. The SMILES string of the molecule is O=C(CSc1ccc(F)cc1)Nc1cc(S(=O)(=O)N2CCOCC2)ccc1Cl. The highest BCUT2D eigenvalue weighted by Crippen LogP contribution is 2.28. The molecular formula is C18H18ClFN2O4S2. The fourth-order valence-corrected chi connectivity index (χ4v) is 4.86. The van der Waals surface area contributed by atoms with Crippen molar-refractivity contribution in [1.29, 1.82) is 0 Å². The lowest BCUT2D eigenvalue weighted by atomic mass is 10.3. The lowest BCUT2D eigenvalue weighted by molar-refractivity contribution is -0.113. The van der Waals surface area contributed by atoms with Crippen LogP contribution in [0.4, 0.5) is 10.1 Å². The Morgan fingerprint density at radius 2 is 1.86 bits per heavy atom. The predicted octanol–water partition coefficient (Wildman–Crippen LogP) is 3.23. The number of benzene rings is 2. The molecule has 0 spiro atoms. The van der Waals surface area contributed by atoms with Crippen LogP contribution in [0.5, 0.6) is 0 Å². The van der Waals surface area contributed by atoms with Crippen molar-refractivity contribution < 1.29 is 22.3 Å². The number of hydrogen-bond donors (Lipinski definition) is 1. The number of sulfonamides is 1. The third-order valence-corrected chi connectivity index (χ3v) is 7.24. The van der Waals surface area contributed by atoms with Crippen LogP contribution in [0.3, 0.4) is 0 Å². The molecule has 1 aliphatic rings. The average molecular weight is 445 g/mol. The maximum atomic E-state index is 12.9. The van der Waals surface area contributed by atoms with Crippen molar-refractivity contribution >= 4 is 45.0 Å². The van der Waals surface area contributed by atoms with E-state index in [0.717, 1.165) is 4.90 Å². The normalized spacial score (nSPS) is 15.4. The average Bonchev–Trinajstić information content (AvgIpc) is 2.70. The number of nitrogens with one attached hydrogen (secondary N) is 1. The number of carbonyl (C=O) groups excluding carboxylic acids is 1. The second-order valence-corrected chi connectivity index (χ2v) is 9.34. The first-order valence-electron chi connectivity index (χ1n) is 8.42. The van der Waals surface area contributed by atoms with Crippen LogP contribution in [0.15, 0.2) is 52.3 Å². The van der Waals surface area contributed by atoms with Crippen LogP contribution in [0.2, 0.25) is 5.02 Å². The number of morpholine rings is 1. The molecule has 0 bridgehead atoms. The minimum absolute atomic E-state index is 0.0558. The molecule has 1 N–H and O–H groups in total. The van der Waals surface area contributed by atoms with E-state index in [1.807, 2.05) is 0 Å². The van der Waals surface area contributed by atoms with Crippen molar-refractivity contribution in [2.24, 2.45) is 0 Å². The van der Waals surface area contributed by atoms with Gasteiger partial charge in [-0.25, -0.2) is 12.8 Å². The molecule has 0 atom stereocenters. The van der Waals surface area contributed by atoms with E-state index in [1.54, 1.807) is 12.1 Å². The van der Waals surface area contributed by atoms with Gasteiger partial charge in [-0.2, -0.15) is 4.31 Å². The van der Waals surface area contributed by atoms with Crippen LogP contribution in [-0.4, -0.2) is 50.7 Å². The van der Waals surface area contributed by atoms with E-state index in [1.165, 1.54) is 46.4 Å². The molecule has 6 nitrogen and oxygen atoms in total. The Bertz CT molecular complexity index is 949. The Morgan fingerprint density at radius 3 is 2.54 bits per heavy atom. The van der Waals surface area contributed by atoms with E-state index in [0.29, 0.717) is 13.2 Å². The highest BCUT2D eigenvalue weighted by Gasteiger charge is 2.27. The van der Waals surface area contributed by atoms with Gasteiger partial charge in [0.1, 0.15) is 5.82 Å². The maximum Gasteiger partial charge on any atom is 0.243 e. The number of hydrogen-bond acceptors (Lipinski definition) is 5. The second kappa shape index (κ2) is 9.23. The molecule has 28 heavy (non-hydrogen) atoms. The number of rotatable bonds is 6. The summed E-state index contributed by atoms with van der Waals surface area (Å²) in [7, 11) is -3.69. The number of anilines is 1. The van der Waals surface area contributed by atoms with Gasteiger partial charge in [-0.05, 0) is 42.5 Å². The fourth-order valence-electron chi connectivity index (χ4n) is 2.56. The molecule has 1 amide bonds. The minimum atomic E-state index is -3.69. The summed E-state index contributed by atoms with van der Waals surface area (Å²) in [6.45, 7) is 1.25. The standard InChI is InChI=1S/C18H18ClFN2O4S2/c19-16-6-5-15(28(24,25)22-7-9-26-10-8-22)11-17(16)21-18(23)12-27-14-3-1-13(20)2-4-14/h1-6,11H,7-10,12H2,(H,21,23). The van der Waals surface area contributed by atoms with Crippen molar-refractivity contribution in [3.8, 4) is 0 Å². The number of halogens is 2. The smallest absolute Gasteiger partial charge is 0.243 e. The first kappa shape index (κ1) is 21.1. The molecule has 1 saturated heterocycles. The summed E-state index contributed by atoms with van der Waals surface area (Å²) in [4.78, 5) is 13.0. The van der Waals surface area contributed by atoms with Gasteiger partial charge in [0, 0.05) is 18.0 Å². The van der Waals surface area contributed by atoms with Gasteiger partial charge in [0.05, 0.1) is 34.6 Å². The van der Waals surface area contributed by atoms with Crippen molar-refractivity contribution in [2.45, 2.75) is 9.79 Å². The monoisotopic (exact) mass is 444 g/mol. The topological polar surface area (TPSA) is 75.7 Å². The molecule has 1 aliphatic heterocycles. The van der Waals surface area contributed by atoms with Gasteiger partial charge in [0.2, 0.25) is 15.9 Å². The lowest BCUT2D eigenvalue weighted by Crippen LogP contribution is -2.40. The van der Waals surface area contributed by atoms with E-state index in [4.69, 9.17) is 16.3 Å². The summed E-state index contributed by atoms with van der Waals surface area (Å²) in [5.41, 5.74) is 0.223. The van der Waals surface area contributed by atoms with Gasteiger partial charge >= 0.3 is 0 Å². The molecule has 1 fully saturated rings. The molecule has 0 radical (unpaired) electrons. The van der Waals surface area contributed by atoms with Gasteiger partial charge in [0.25, 0.3) is 0 Å². The molecule has 3 rings (SSSR count). The molecule has 0 saturated carbocycles. The van der Waals surface area contributed by atoms with Crippen molar-refractivity contribution in [2.75, 3.05) is 37.4 Å². The summed E-state index contributed by atoms with van der Waals surface area (Å²) < 4.78 is 45.0. The van der Waals surface area contributed by atoms with Gasteiger partial charge < -0.3 is 10.1 Å². The summed E-state index contributed by atoms with van der Waals surface area (Å²) in [6, 6.07) is 10.0. The molecule has 150 valence electrons. The van der Waals surface area contributed by atoms with E-state index in [2.05, 4.69) is 5.32 Å². The zero-order chi connectivity index (χ0) is 20.1. The largest absolute Gasteiger partial charge is 0.379 e. The predicted molar refractivity (Wildman–Crippen MR) is 107 cm³/mol. The molecule has 10 heteroatoms. The summed E-state index contributed by atoms with van der Waals surface area (Å²) >= 11 is 7.35. The minimum Gasteiger partial charge on any atom is -0.379 e. The molecule has 2 aromatic carbocycles. The zero-order valence-corrected chi connectivity index (χ0v) is 17.1. The highest BCUT2D eigenvalue weighted by molar-refractivity contribution is 8.00. The molecule has 0 aromatic heterocycles. The van der Waals surface area contributed by atoms with Crippen LogP contribution >= 0.6 is 23.4 Å². The van der Waals surface area contributed by atoms with Crippen molar-refractivity contribution in [3.05, 3.63) is 53.3 Å². The Kier molecular flexibility index (Phi) is 6.95. The Balaban J connectivity index is 1.68. The van der Waals surface area contributed by atoms with Crippen molar-refractivity contribution in [3.63, 3.8) is 0 Å². The van der Waals surface area contributed by atoms with E-state index >= 15 is 0 Å². The van der Waals surface area contributed by atoms with Crippen LogP contribution in [-0.2, 0) is 19.6 Å². The quantitative estimate of drug-likeness (QED) is 0.692.